The highest BCUT2D eigenvalue weighted by Gasteiger charge is 2.51. The Hall–Kier alpha value is -4.49. The van der Waals surface area contributed by atoms with Gasteiger partial charge in [-0.05, 0) is 62.5 Å². The van der Waals surface area contributed by atoms with Crippen LogP contribution in [0.4, 0.5) is 19.3 Å². The summed E-state index contributed by atoms with van der Waals surface area (Å²) in [5.74, 6) is -2.24. The maximum absolute atomic E-state index is 14.9. The zero-order chi connectivity index (χ0) is 34.1. The number of benzene rings is 2. The normalized spacial score (nSPS) is 18.4. The zero-order valence-electron chi connectivity index (χ0n) is 27.1. The van der Waals surface area contributed by atoms with Gasteiger partial charge in [0, 0.05) is 35.3 Å². The fourth-order valence-electron chi connectivity index (χ4n) is 5.06. The molecule has 0 saturated carbocycles. The predicted molar refractivity (Wildman–Crippen MR) is 180 cm³/mol. The van der Waals surface area contributed by atoms with E-state index in [1.807, 2.05) is 51.9 Å². The van der Waals surface area contributed by atoms with E-state index in [4.69, 9.17) is 16.2 Å². The van der Waals surface area contributed by atoms with Gasteiger partial charge in [-0.25, -0.2) is 13.6 Å². The Morgan fingerprint density at radius 1 is 1.11 bits per heavy atom. The number of nitrogens with one attached hydrogen (secondary N) is 2. The van der Waals surface area contributed by atoms with Crippen LogP contribution in [-0.2, 0) is 16.1 Å². The number of thioether (sulfide) groups is 1. The summed E-state index contributed by atoms with van der Waals surface area (Å²) in [6, 6.07) is 10.6. The van der Waals surface area contributed by atoms with Gasteiger partial charge in [0.25, 0.3) is 0 Å². The number of hydrogen-bond donors (Lipinski definition) is 4. The van der Waals surface area contributed by atoms with Crippen LogP contribution >= 0.6 is 11.8 Å². The number of rotatable bonds is 10. The number of ether oxygens (including phenoxy) is 1. The largest absolute Gasteiger partial charge is 0.483 e. The lowest BCUT2D eigenvalue weighted by molar-refractivity contribution is -0.136. The third kappa shape index (κ3) is 8.01. The maximum atomic E-state index is 14.9. The Morgan fingerprint density at radius 3 is 2.30 bits per heavy atom. The van der Waals surface area contributed by atoms with Crippen molar-refractivity contribution in [3.05, 3.63) is 107 Å². The molecular weight excluding hydrogens is 612 g/mol. The van der Waals surface area contributed by atoms with Crippen molar-refractivity contribution in [2.24, 2.45) is 17.4 Å². The van der Waals surface area contributed by atoms with Crippen molar-refractivity contribution in [1.29, 1.82) is 0 Å². The minimum atomic E-state index is -0.735. The number of halogens is 2. The average Bonchev–Trinajstić information content (AvgIpc) is 3.39. The first kappa shape index (κ1) is 36.0. The Balaban J connectivity index is 0.00000282. The molecule has 0 spiro atoms. The quantitative estimate of drug-likeness (QED) is 0.204. The first-order valence-corrected chi connectivity index (χ1v) is 15.7. The van der Waals surface area contributed by atoms with E-state index in [9.17, 15) is 18.4 Å². The average molecular weight is 656 g/mol. The summed E-state index contributed by atoms with van der Waals surface area (Å²) in [6.45, 7) is 10.7. The molecule has 2 aromatic rings. The second-order valence-electron chi connectivity index (χ2n) is 10.4. The minimum Gasteiger partial charge on any atom is -0.483 e. The molecule has 4 rings (SSSR count). The third-order valence-electron chi connectivity index (χ3n) is 7.11. The molecule has 0 bridgehead atoms. The molecule has 0 radical (unpaired) electrons. The van der Waals surface area contributed by atoms with E-state index < -0.39 is 22.9 Å². The summed E-state index contributed by atoms with van der Waals surface area (Å²) >= 11 is 1.42. The second-order valence-corrected chi connectivity index (χ2v) is 11.5. The molecule has 2 aromatic carbocycles. The lowest BCUT2D eigenvalue weighted by atomic mass is 9.91. The van der Waals surface area contributed by atoms with Crippen LogP contribution in [0, 0.1) is 17.6 Å². The molecule has 3 amide bonds. The van der Waals surface area contributed by atoms with E-state index in [0.717, 1.165) is 16.0 Å². The van der Waals surface area contributed by atoms with Crippen LogP contribution in [0.1, 0.15) is 31.9 Å². The maximum Gasteiger partial charge on any atom is 0.319 e. The third-order valence-corrected chi connectivity index (χ3v) is 8.61. The number of fused-ring (bicyclic) bond motifs is 1. The van der Waals surface area contributed by atoms with E-state index in [0.29, 0.717) is 18.8 Å². The first-order chi connectivity index (χ1) is 22.0. The highest BCUT2D eigenvalue weighted by molar-refractivity contribution is 8.09. The molecule has 0 aliphatic carbocycles. The van der Waals surface area contributed by atoms with Crippen LogP contribution in [0.2, 0.25) is 0 Å². The summed E-state index contributed by atoms with van der Waals surface area (Å²) < 4.78 is 34.8. The molecule has 0 aromatic heterocycles. The van der Waals surface area contributed by atoms with Crippen LogP contribution in [0.15, 0.2) is 84.3 Å². The molecule has 1 saturated heterocycles. The van der Waals surface area contributed by atoms with Gasteiger partial charge in [0.1, 0.15) is 23.3 Å². The molecule has 2 heterocycles. The smallest absolute Gasteiger partial charge is 0.319 e. The monoisotopic (exact) mass is 655 g/mol. The number of carbonyl (C=O) groups excluding carboxylic acids is 2. The van der Waals surface area contributed by atoms with Crippen LogP contribution in [0.25, 0.3) is 4.91 Å². The lowest BCUT2D eigenvalue weighted by Crippen LogP contribution is -2.55. The van der Waals surface area contributed by atoms with Crippen molar-refractivity contribution in [2.75, 3.05) is 39.6 Å². The van der Waals surface area contributed by atoms with Crippen molar-refractivity contribution in [1.82, 2.24) is 20.0 Å². The van der Waals surface area contributed by atoms with Gasteiger partial charge in [-0.2, -0.15) is 0 Å². The Labute approximate surface area is 273 Å². The number of carbonyl (C=O) groups is 2. The summed E-state index contributed by atoms with van der Waals surface area (Å²) in [6.07, 6.45) is 2.83. The van der Waals surface area contributed by atoms with Crippen LogP contribution in [0.3, 0.4) is 0 Å². The first-order valence-electron chi connectivity index (χ1n) is 14.9. The number of nitrogens with two attached hydrogens (primary N) is 2. The predicted octanol–water partition coefficient (Wildman–Crippen LogP) is 5.16. The number of hydrogen-bond acceptors (Lipinski definition) is 8. The minimum absolute atomic E-state index is 0.0147. The molecule has 13 heteroatoms. The van der Waals surface area contributed by atoms with E-state index in [-0.39, 0.29) is 41.6 Å². The van der Waals surface area contributed by atoms with Crippen molar-refractivity contribution in [2.45, 2.75) is 32.7 Å². The van der Waals surface area contributed by atoms with Gasteiger partial charge >= 0.3 is 6.03 Å². The van der Waals surface area contributed by atoms with Crippen LogP contribution < -0.4 is 22.1 Å². The number of nitrogens with zero attached hydrogens (tertiary/aromatic N) is 3. The molecule has 10 nitrogen and oxygen atoms in total. The standard InChI is InChI=1S/C31H37F2N7O3S.C2H6/c1-6-36-31(42)37-20-12-10-19(11-13-20)28-22(16-38(3)4)27-29(41)40(25(34)14-15-26(35)43-5)18(2)39(30(27)44-28)17-21-23(32)8-7-9-24(21)33;1-2/h7-15,27,30H,2,6,16-17,34-35H2,1,3-5H3,(H2,36,37,42);1-2H3/b25-14+,26-15+;. The highest BCUT2D eigenvalue weighted by atomic mass is 32.2. The second kappa shape index (κ2) is 16.2. The van der Waals surface area contributed by atoms with Gasteiger partial charge in [0.2, 0.25) is 5.91 Å². The van der Waals surface area contributed by atoms with Crippen molar-refractivity contribution in [3.63, 3.8) is 0 Å². The van der Waals surface area contributed by atoms with Gasteiger partial charge in [0.05, 0.1) is 24.9 Å². The molecule has 6 N–H and O–H groups in total. The van der Waals surface area contributed by atoms with Crippen molar-refractivity contribution in [3.8, 4) is 0 Å². The fourth-order valence-corrected chi connectivity index (χ4v) is 6.66. The summed E-state index contributed by atoms with van der Waals surface area (Å²) in [4.78, 5) is 32.0. The lowest BCUT2D eigenvalue weighted by Gasteiger charge is -2.46. The number of likely N-dealkylation sites (N-methyl/N-ethyl adjacent to an activating group) is 1. The summed E-state index contributed by atoms with van der Waals surface area (Å²) in [5.41, 5.74) is 14.2. The number of methoxy groups -OCH3 is 1. The number of anilines is 1. The Bertz CT molecular complexity index is 1510. The van der Waals surface area contributed by atoms with Crippen LogP contribution in [0.5, 0.6) is 0 Å². The molecule has 1 fully saturated rings. The van der Waals surface area contributed by atoms with E-state index in [2.05, 4.69) is 17.2 Å². The van der Waals surface area contributed by atoms with Gasteiger partial charge < -0.3 is 36.6 Å². The fraction of sp³-hybridized carbons (Fsp3) is 0.333. The Kier molecular flexibility index (Phi) is 12.7. The molecule has 2 atom stereocenters. The van der Waals surface area contributed by atoms with Crippen LogP contribution in [-0.4, -0.2) is 66.3 Å². The van der Waals surface area contributed by atoms with Crippen molar-refractivity contribution < 1.29 is 23.1 Å². The van der Waals surface area contributed by atoms with Gasteiger partial charge in [-0.3, -0.25) is 9.69 Å². The zero-order valence-corrected chi connectivity index (χ0v) is 27.9. The van der Waals surface area contributed by atoms with Gasteiger partial charge in [0.15, 0.2) is 5.88 Å². The molecule has 248 valence electrons. The summed E-state index contributed by atoms with van der Waals surface area (Å²) in [5, 5.41) is 4.89. The topological polar surface area (TPSA) is 129 Å². The Morgan fingerprint density at radius 2 is 1.74 bits per heavy atom. The van der Waals surface area contributed by atoms with E-state index in [1.54, 1.807) is 17.0 Å². The SMILES string of the molecule is C=C1N(/C(N)=C/C=C(\N)OC)C(=O)C2C(CN(C)C)=C(c3ccc(NC(=O)NCC)cc3)SC2N1Cc1c(F)cccc1F.CC. The summed E-state index contributed by atoms with van der Waals surface area (Å²) in [7, 11) is 5.18. The van der Waals surface area contributed by atoms with E-state index >= 15 is 0 Å². The molecule has 46 heavy (non-hydrogen) atoms. The molecular formula is C33H43F2N7O3S. The van der Waals surface area contributed by atoms with Gasteiger partial charge in [-0.1, -0.05) is 50.4 Å². The van der Waals surface area contributed by atoms with Crippen molar-refractivity contribution >= 4 is 34.3 Å². The molecule has 2 aliphatic rings. The molecule has 2 unspecified atom stereocenters. The number of amides is 3. The van der Waals surface area contributed by atoms with Gasteiger partial charge in [-0.15, -0.1) is 0 Å². The highest BCUT2D eigenvalue weighted by Crippen LogP contribution is 2.53. The number of urea groups is 1. The molecule has 2 aliphatic heterocycles. The number of allylic oxidation sites excluding steroid dienone is 2. The van der Waals surface area contributed by atoms with E-state index in [1.165, 1.54) is 54.1 Å².